The van der Waals surface area contributed by atoms with Gasteiger partial charge in [-0.1, -0.05) is 0 Å². The molecule has 1 fully saturated rings. The third-order valence-corrected chi connectivity index (χ3v) is 3.25. The maximum absolute atomic E-state index is 11.1. The second-order valence-electron chi connectivity index (χ2n) is 4.20. The molecular formula is C11H16N2O3. The van der Waals surface area contributed by atoms with E-state index in [1.807, 2.05) is 18.7 Å². The summed E-state index contributed by atoms with van der Waals surface area (Å²) in [6.07, 6.45) is 3.06. The van der Waals surface area contributed by atoms with Crippen molar-refractivity contribution in [3.63, 3.8) is 0 Å². The standard InChI is InChI=1S/C11H16N2O3/c1-7(10-8(2)16-6-12-10)13-5-3-4-9(13)11(14)15/h6-7,9H,3-5H2,1-2H3,(H,14,15)/t7?,9-/m0/s1. The molecule has 1 saturated heterocycles. The Labute approximate surface area is 94.1 Å². The number of aromatic nitrogens is 1. The van der Waals surface area contributed by atoms with Gasteiger partial charge in [0, 0.05) is 0 Å². The molecule has 0 aliphatic carbocycles. The van der Waals surface area contributed by atoms with Crippen molar-refractivity contribution < 1.29 is 14.3 Å². The van der Waals surface area contributed by atoms with Gasteiger partial charge >= 0.3 is 5.97 Å². The van der Waals surface area contributed by atoms with E-state index in [1.54, 1.807) is 0 Å². The highest BCUT2D eigenvalue weighted by atomic mass is 16.4. The molecule has 1 aliphatic rings. The minimum Gasteiger partial charge on any atom is -0.480 e. The van der Waals surface area contributed by atoms with Gasteiger partial charge in [-0.25, -0.2) is 4.98 Å². The number of likely N-dealkylation sites (tertiary alicyclic amines) is 1. The van der Waals surface area contributed by atoms with Gasteiger partial charge in [0.05, 0.1) is 11.7 Å². The van der Waals surface area contributed by atoms with E-state index in [9.17, 15) is 4.79 Å². The van der Waals surface area contributed by atoms with Crippen LogP contribution in [-0.4, -0.2) is 33.5 Å². The molecule has 1 aromatic heterocycles. The third-order valence-electron chi connectivity index (χ3n) is 3.25. The first kappa shape index (κ1) is 11.1. The predicted octanol–water partition coefficient (Wildman–Crippen LogP) is 1.59. The number of hydrogen-bond acceptors (Lipinski definition) is 4. The molecule has 0 spiro atoms. The molecular weight excluding hydrogens is 208 g/mol. The van der Waals surface area contributed by atoms with Crippen LogP contribution in [0, 0.1) is 6.92 Å². The van der Waals surface area contributed by atoms with Crippen molar-refractivity contribution >= 4 is 5.97 Å². The Kier molecular flexibility index (Phi) is 2.96. The molecule has 0 bridgehead atoms. The van der Waals surface area contributed by atoms with E-state index in [0.29, 0.717) is 0 Å². The Morgan fingerprint density at radius 3 is 3.06 bits per heavy atom. The first-order chi connectivity index (χ1) is 7.61. The average Bonchev–Trinajstić information content (AvgIpc) is 2.84. The Bertz CT molecular complexity index is 388. The van der Waals surface area contributed by atoms with E-state index in [4.69, 9.17) is 9.52 Å². The van der Waals surface area contributed by atoms with Gasteiger partial charge in [-0.2, -0.15) is 0 Å². The average molecular weight is 224 g/mol. The van der Waals surface area contributed by atoms with Crippen LogP contribution in [0.5, 0.6) is 0 Å². The number of aryl methyl sites for hydroxylation is 1. The number of carbonyl (C=O) groups is 1. The molecule has 16 heavy (non-hydrogen) atoms. The zero-order chi connectivity index (χ0) is 11.7. The Morgan fingerprint density at radius 2 is 2.50 bits per heavy atom. The van der Waals surface area contributed by atoms with Gasteiger partial charge in [0.25, 0.3) is 0 Å². The maximum atomic E-state index is 11.1. The van der Waals surface area contributed by atoms with Gasteiger partial charge in [-0.3, -0.25) is 9.69 Å². The van der Waals surface area contributed by atoms with Gasteiger partial charge in [-0.05, 0) is 33.2 Å². The van der Waals surface area contributed by atoms with E-state index < -0.39 is 5.97 Å². The number of nitrogens with zero attached hydrogens (tertiary/aromatic N) is 2. The van der Waals surface area contributed by atoms with Crippen LogP contribution in [0.3, 0.4) is 0 Å². The van der Waals surface area contributed by atoms with Gasteiger partial charge in [0.2, 0.25) is 0 Å². The van der Waals surface area contributed by atoms with Crippen LogP contribution >= 0.6 is 0 Å². The van der Waals surface area contributed by atoms with Gasteiger partial charge in [0.1, 0.15) is 11.8 Å². The summed E-state index contributed by atoms with van der Waals surface area (Å²) >= 11 is 0. The summed E-state index contributed by atoms with van der Waals surface area (Å²) in [5.74, 6) is 0.0223. The summed E-state index contributed by atoms with van der Waals surface area (Å²) in [5.41, 5.74) is 0.841. The first-order valence-electron chi connectivity index (χ1n) is 5.49. The third kappa shape index (κ3) is 1.82. The Balaban J connectivity index is 2.18. The summed E-state index contributed by atoms with van der Waals surface area (Å²) in [4.78, 5) is 17.2. The Morgan fingerprint density at radius 1 is 1.75 bits per heavy atom. The smallest absolute Gasteiger partial charge is 0.320 e. The van der Waals surface area contributed by atoms with Gasteiger partial charge in [0.15, 0.2) is 6.39 Å². The fourth-order valence-corrected chi connectivity index (χ4v) is 2.39. The number of oxazole rings is 1. The minimum absolute atomic E-state index is 0.00218. The van der Waals surface area contributed by atoms with Gasteiger partial charge in [-0.15, -0.1) is 0 Å². The SMILES string of the molecule is Cc1ocnc1C(C)N1CCC[C@H]1C(=O)O. The van der Waals surface area contributed by atoms with E-state index in [-0.39, 0.29) is 12.1 Å². The summed E-state index contributed by atoms with van der Waals surface area (Å²) in [6, 6.07) is -0.381. The molecule has 0 saturated carbocycles. The number of aliphatic carboxylic acids is 1. The van der Waals surface area contributed by atoms with E-state index in [0.717, 1.165) is 30.8 Å². The lowest BCUT2D eigenvalue weighted by molar-refractivity contribution is -0.142. The second kappa shape index (κ2) is 4.25. The highest BCUT2D eigenvalue weighted by Gasteiger charge is 2.35. The molecule has 1 aromatic rings. The van der Waals surface area contributed by atoms with Crippen molar-refractivity contribution in [2.75, 3.05) is 6.54 Å². The van der Waals surface area contributed by atoms with Crippen LogP contribution < -0.4 is 0 Å². The van der Waals surface area contributed by atoms with Crippen LogP contribution in [0.15, 0.2) is 10.8 Å². The summed E-state index contributed by atoms with van der Waals surface area (Å²) in [5, 5.41) is 9.11. The van der Waals surface area contributed by atoms with Crippen LogP contribution in [0.1, 0.15) is 37.3 Å². The van der Waals surface area contributed by atoms with Crippen molar-refractivity contribution in [3.05, 3.63) is 17.8 Å². The second-order valence-corrected chi connectivity index (χ2v) is 4.20. The quantitative estimate of drug-likeness (QED) is 0.844. The molecule has 2 heterocycles. The van der Waals surface area contributed by atoms with Crippen molar-refractivity contribution in [3.8, 4) is 0 Å². The number of rotatable bonds is 3. The molecule has 2 rings (SSSR count). The molecule has 1 N–H and O–H groups in total. The Hall–Kier alpha value is -1.36. The van der Waals surface area contributed by atoms with Crippen molar-refractivity contribution in [2.45, 2.75) is 38.8 Å². The molecule has 5 heteroatoms. The number of carboxylic acids is 1. The number of carboxylic acid groups (broad SMARTS) is 1. The molecule has 1 aliphatic heterocycles. The zero-order valence-electron chi connectivity index (χ0n) is 9.51. The summed E-state index contributed by atoms with van der Waals surface area (Å²) in [7, 11) is 0. The van der Waals surface area contributed by atoms with E-state index in [2.05, 4.69) is 4.98 Å². The number of hydrogen-bond donors (Lipinski definition) is 1. The van der Waals surface area contributed by atoms with Crippen molar-refractivity contribution in [1.82, 2.24) is 9.88 Å². The molecule has 0 amide bonds. The first-order valence-corrected chi connectivity index (χ1v) is 5.49. The predicted molar refractivity (Wildman–Crippen MR) is 57.0 cm³/mol. The molecule has 0 radical (unpaired) electrons. The van der Waals surface area contributed by atoms with Gasteiger partial charge < -0.3 is 9.52 Å². The molecule has 5 nitrogen and oxygen atoms in total. The van der Waals surface area contributed by atoms with Crippen molar-refractivity contribution in [1.29, 1.82) is 0 Å². The van der Waals surface area contributed by atoms with E-state index in [1.165, 1.54) is 6.39 Å². The topological polar surface area (TPSA) is 66.6 Å². The van der Waals surface area contributed by atoms with Crippen LogP contribution in [0.25, 0.3) is 0 Å². The van der Waals surface area contributed by atoms with Crippen LogP contribution in [0.4, 0.5) is 0 Å². The lowest BCUT2D eigenvalue weighted by atomic mass is 10.1. The normalized spacial score (nSPS) is 23.5. The lowest BCUT2D eigenvalue weighted by Crippen LogP contribution is -2.38. The highest BCUT2D eigenvalue weighted by Crippen LogP contribution is 2.29. The van der Waals surface area contributed by atoms with Crippen LogP contribution in [-0.2, 0) is 4.79 Å². The van der Waals surface area contributed by atoms with Crippen LogP contribution in [0.2, 0.25) is 0 Å². The lowest BCUT2D eigenvalue weighted by Gasteiger charge is -2.27. The molecule has 0 aromatic carbocycles. The fraction of sp³-hybridized carbons (Fsp3) is 0.636. The maximum Gasteiger partial charge on any atom is 0.320 e. The molecule has 88 valence electrons. The largest absolute Gasteiger partial charge is 0.480 e. The van der Waals surface area contributed by atoms with E-state index >= 15 is 0 Å². The zero-order valence-corrected chi connectivity index (χ0v) is 9.51. The monoisotopic (exact) mass is 224 g/mol. The fourth-order valence-electron chi connectivity index (χ4n) is 2.39. The highest BCUT2D eigenvalue weighted by molar-refractivity contribution is 5.73. The summed E-state index contributed by atoms with van der Waals surface area (Å²) in [6.45, 7) is 4.64. The summed E-state index contributed by atoms with van der Waals surface area (Å²) < 4.78 is 5.16. The minimum atomic E-state index is -0.745. The van der Waals surface area contributed by atoms with Crippen molar-refractivity contribution in [2.24, 2.45) is 0 Å². The molecule has 2 atom stereocenters. The molecule has 1 unspecified atom stereocenters.